The lowest BCUT2D eigenvalue weighted by Gasteiger charge is -2.08. The van der Waals surface area contributed by atoms with Gasteiger partial charge < -0.3 is 5.32 Å². The molecule has 122 valence electrons. The van der Waals surface area contributed by atoms with Crippen LogP contribution in [-0.2, 0) is 17.0 Å². The van der Waals surface area contributed by atoms with E-state index in [2.05, 4.69) is 21.2 Å². The Morgan fingerprint density at radius 1 is 1.13 bits per heavy atom. The van der Waals surface area contributed by atoms with E-state index in [1.807, 2.05) is 42.5 Å². The van der Waals surface area contributed by atoms with Crippen LogP contribution in [0.5, 0.6) is 0 Å². The summed E-state index contributed by atoms with van der Waals surface area (Å²) >= 11 is 17.3. The van der Waals surface area contributed by atoms with Crippen LogP contribution in [0.4, 0.5) is 0 Å². The number of hydrogen-bond acceptors (Lipinski definition) is 2. The smallest absolute Gasteiger partial charge is 0.224 e. The Kier molecular flexibility index (Phi) is 7.77. The van der Waals surface area contributed by atoms with E-state index in [0.717, 1.165) is 27.1 Å². The summed E-state index contributed by atoms with van der Waals surface area (Å²) in [5.41, 5.74) is 1.94. The SMILES string of the molecule is O=C(Cc1cccc(Br)c1)NCCSCc1c(Cl)cccc1Cl. The van der Waals surface area contributed by atoms with E-state index >= 15 is 0 Å². The molecule has 0 spiro atoms. The molecule has 0 radical (unpaired) electrons. The van der Waals surface area contributed by atoms with Crippen LogP contribution in [0.15, 0.2) is 46.9 Å². The largest absolute Gasteiger partial charge is 0.355 e. The predicted molar refractivity (Wildman–Crippen MR) is 103 cm³/mol. The van der Waals surface area contributed by atoms with Gasteiger partial charge in [-0.2, -0.15) is 11.8 Å². The number of rotatable bonds is 7. The molecule has 0 saturated heterocycles. The van der Waals surface area contributed by atoms with Crippen LogP contribution < -0.4 is 5.32 Å². The molecule has 2 nitrogen and oxygen atoms in total. The van der Waals surface area contributed by atoms with Gasteiger partial charge in [0, 0.05) is 32.6 Å². The number of carbonyl (C=O) groups is 1. The van der Waals surface area contributed by atoms with Gasteiger partial charge in [0.2, 0.25) is 5.91 Å². The Labute approximate surface area is 159 Å². The summed E-state index contributed by atoms with van der Waals surface area (Å²) in [4.78, 5) is 11.9. The molecular weight excluding hydrogens is 417 g/mol. The first-order valence-corrected chi connectivity index (χ1v) is 9.78. The fourth-order valence-electron chi connectivity index (χ4n) is 2.00. The van der Waals surface area contributed by atoms with Crippen molar-refractivity contribution in [3.8, 4) is 0 Å². The number of hydrogen-bond donors (Lipinski definition) is 1. The van der Waals surface area contributed by atoms with Crippen molar-refractivity contribution in [2.24, 2.45) is 0 Å². The number of halogens is 3. The minimum atomic E-state index is 0.0273. The van der Waals surface area contributed by atoms with E-state index in [1.54, 1.807) is 11.8 Å². The average molecular weight is 433 g/mol. The van der Waals surface area contributed by atoms with Crippen molar-refractivity contribution in [3.63, 3.8) is 0 Å². The molecule has 0 saturated carbocycles. The average Bonchev–Trinajstić information content (AvgIpc) is 2.49. The Morgan fingerprint density at radius 3 is 2.52 bits per heavy atom. The molecule has 0 aliphatic rings. The summed E-state index contributed by atoms with van der Waals surface area (Å²) < 4.78 is 0.981. The molecule has 2 aromatic carbocycles. The summed E-state index contributed by atoms with van der Waals surface area (Å²) in [5, 5.41) is 4.29. The molecule has 0 heterocycles. The number of benzene rings is 2. The second kappa shape index (κ2) is 9.58. The van der Waals surface area contributed by atoms with Crippen molar-refractivity contribution < 1.29 is 4.79 Å². The third kappa shape index (κ3) is 6.38. The minimum absolute atomic E-state index is 0.0273. The standard InChI is InChI=1S/C17H16BrCl2NOS/c18-13-4-1-3-12(9-13)10-17(22)21-7-8-23-11-14-15(19)5-2-6-16(14)20/h1-6,9H,7-8,10-11H2,(H,21,22). The highest BCUT2D eigenvalue weighted by Gasteiger charge is 2.06. The fourth-order valence-corrected chi connectivity index (χ4v) is 4.04. The van der Waals surface area contributed by atoms with Crippen LogP contribution >= 0.6 is 50.9 Å². The molecule has 2 aromatic rings. The molecule has 0 aliphatic heterocycles. The third-order valence-corrected chi connectivity index (χ3v) is 5.32. The Hall–Kier alpha value is -0.680. The minimum Gasteiger partial charge on any atom is -0.355 e. The van der Waals surface area contributed by atoms with Crippen molar-refractivity contribution in [1.82, 2.24) is 5.32 Å². The van der Waals surface area contributed by atoms with Crippen LogP contribution in [0.25, 0.3) is 0 Å². The van der Waals surface area contributed by atoms with Crippen molar-refractivity contribution in [2.75, 3.05) is 12.3 Å². The molecule has 2 rings (SSSR count). The zero-order chi connectivity index (χ0) is 16.7. The van der Waals surface area contributed by atoms with E-state index < -0.39 is 0 Å². The summed E-state index contributed by atoms with van der Waals surface area (Å²) in [5.74, 6) is 1.57. The van der Waals surface area contributed by atoms with Crippen LogP contribution in [-0.4, -0.2) is 18.2 Å². The molecule has 23 heavy (non-hydrogen) atoms. The van der Waals surface area contributed by atoms with Gasteiger partial charge in [0.25, 0.3) is 0 Å². The summed E-state index contributed by atoms with van der Waals surface area (Å²) in [6.45, 7) is 0.625. The summed E-state index contributed by atoms with van der Waals surface area (Å²) in [7, 11) is 0. The third-order valence-electron chi connectivity index (χ3n) is 3.13. The lowest BCUT2D eigenvalue weighted by Crippen LogP contribution is -2.27. The molecule has 0 fully saturated rings. The molecule has 0 aliphatic carbocycles. The number of thioether (sulfide) groups is 1. The zero-order valence-electron chi connectivity index (χ0n) is 12.3. The lowest BCUT2D eigenvalue weighted by atomic mass is 10.1. The monoisotopic (exact) mass is 431 g/mol. The highest BCUT2D eigenvalue weighted by molar-refractivity contribution is 9.10. The van der Waals surface area contributed by atoms with Crippen LogP contribution in [0, 0.1) is 0 Å². The molecule has 0 aromatic heterocycles. The van der Waals surface area contributed by atoms with Crippen LogP contribution in [0.1, 0.15) is 11.1 Å². The molecule has 0 bridgehead atoms. The van der Waals surface area contributed by atoms with E-state index in [1.165, 1.54) is 0 Å². The van der Waals surface area contributed by atoms with Gasteiger partial charge in [-0.1, -0.05) is 57.3 Å². The van der Waals surface area contributed by atoms with Crippen LogP contribution in [0.2, 0.25) is 10.0 Å². The van der Waals surface area contributed by atoms with E-state index in [4.69, 9.17) is 23.2 Å². The predicted octanol–water partition coefficient (Wildman–Crippen LogP) is 5.35. The molecule has 0 unspecified atom stereocenters. The molecule has 1 N–H and O–H groups in total. The van der Waals surface area contributed by atoms with E-state index in [9.17, 15) is 4.79 Å². The van der Waals surface area contributed by atoms with Crippen molar-refractivity contribution >= 4 is 56.8 Å². The maximum Gasteiger partial charge on any atom is 0.224 e. The van der Waals surface area contributed by atoms with Gasteiger partial charge in [-0.05, 0) is 35.4 Å². The summed E-state index contributed by atoms with van der Waals surface area (Å²) in [6.07, 6.45) is 0.389. The zero-order valence-corrected chi connectivity index (χ0v) is 16.2. The Bertz CT molecular complexity index is 661. The molecule has 6 heteroatoms. The van der Waals surface area contributed by atoms with Crippen molar-refractivity contribution in [1.29, 1.82) is 0 Å². The quantitative estimate of drug-likeness (QED) is 0.597. The number of nitrogens with one attached hydrogen (secondary N) is 1. The first-order valence-electron chi connectivity index (χ1n) is 7.08. The molecule has 0 atom stereocenters. The first kappa shape index (κ1) is 18.7. The normalized spacial score (nSPS) is 10.6. The topological polar surface area (TPSA) is 29.1 Å². The lowest BCUT2D eigenvalue weighted by molar-refractivity contribution is -0.120. The maximum atomic E-state index is 11.9. The first-order chi connectivity index (χ1) is 11.1. The second-order valence-corrected chi connectivity index (χ2v) is 7.74. The van der Waals surface area contributed by atoms with Gasteiger partial charge >= 0.3 is 0 Å². The maximum absolute atomic E-state index is 11.9. The second-order valence-electron chi connectivity index (χ2n) is 4.91. The van der Waals surface area contributed by atoms with Gasteiger partial charge in [0.05, 0.1) is 6.42 Å². The fraction of sp³-hybridized carbons (Fsp3) is 0.235. The Balaban J connectivity index is 1.68. The number of carbonyl (C=O) groups excluding carboxylic acids is 1. The van der Waals surface area contributed by atoms with Gasteiger partial charge in [-0.25, -0.2) is 0 Å². The summed E-state index contributed by atoms with van der Waals surface area (Å²) in [6, 6.07) is 13.3. The van der Waals surface area contributed by atoms with Gasteiger partial charge in [0.15, 0.2) is 0 Å². The highest BCUT2D eigenvalue weighted by atomic mass is 79.9. The number of amides is 1. The molecular formula is C17H16BrCl2NOS. The molecule has 1 amide bonds. The van der Waals surface area contributed by atoms with Gasteiger partial charge in [-0.3, -0.25) is 4.79 Å². The van der Waals surface area contributed by atoms with E-state index in [-0.39, 0.29) is 5.91 Å². The van der Waals surface area contributed by atoms with Gasteiger partial charge in [0.1, 0.15) is 0 Å². The van der Waals surface area contributed by atoms with Gasteiger partial charge in [-0.15, -0.1) is 0 Å². The van der Waals surface area contributed by atoms with Crippen molar-refractivity contribution in [2.45, 2.75) is 12.2 Å². The van der Waals surface area contributed by atoms with E-state index in [0.29, 0.717) is 23.0 Å². The highest BCUT2D eigenvalue weighted by Crippen LogP contribution is 2.27. The van der Waals surface area contributed by atoms with Crippen molar-refractivity contribution in [3.05, 3.63) is 68.1 Å². The van der Waals surface area contributed by atoms with Crippen LogP contribution in [0.3, 0.4) is 0 Å². The Morgan fingerprint density at radius 2 is 1.83 bits per heavy atom.